The zero-order chi connectivity index (χ0) is 20.6. The summed E-state index contributed by atoms with van der Waals surface area (Å²) in [6.07, 6.45) is 2.85. The van der Waals surface area contributed by atoms with E-state index in [2.05, 4.69) is 20.5 Å². The lowest BCUT2D eigenvalue weighted by Gasteiger charge is -2.33. The van der Waals surface area contributed by atoms with Crippen molar-refractivity contribution >= 4 is 29.2 Å². The van der Waals surface area contributed by atoms with Crippen molar-refractivity contribution in [3.8, 4) is 0 Å². The number of nitrogens with one attached hydrogen (secondary N) is 2. The molecule has 6 nitrogen and oxygen atoms in total. The first-order chi connectivity index (χ1) is 14.0. The number of hydrogen-bond acceptors (Lipinski definition) is 4. The predicted octanol–water partition coefficient (Wildman–Crippen LogP) is 3.84. The molecule has 0 saturated carbocycles. The molecule has 1 aromatic heterocycles. The topological polar surface area (TPSA) is 73.0 Å². The Morgan fingerprint density at radius 2 is 2.07 bits per heavy atom. The van der Waals surface area contributed by atoms with Crippen LogP contribution >= 0.6 is 23.2 Å². The molecule has 0 radical (unpaired) electrons. The summed E-state index contributed by atoms with van der Waals surface area (Å²) in [5.41, 5.74) is 1.17. The highest BCUT2D eigenvalue weighted by atomic mass is 35.5. The second-order valence-corrected chi connectivity index (χ2v) is 8.01. The van der Waals surface area contributed by atoms with Crippen molar-refractivity contribution in [1.29, 1.82) is 0 Å². The number of hydrogen-bond donors (Lipinski definition) is 3. The Morgan fingerprint density at radius 3 is 2.72 bits per heavy atom. The van der Waals surface area contributed by atoms with Gasteiger partial charge in [0.15, 0.2) is 5.96 Å². The number of benzene rings is 1. The average molecular weight is 439 g/mol. The van der Waals surface area contributed by atoms with E-state index in [-0.39, 0.29) is 6.54 Å². The quantitative estimate of drug-likeness (QED) is 0.452. The summed E-state index contributed by atoms with van der Waals surface area (Å²) in [6.45, 7) is 5.89. The van der Waals surface area contributed by atoms with Crippen LogP contribution in [0.1, 0.15) is 37.2 Å². The van der Waals surface area contributed by atoms with Gasteiger partial charge in [-0.25, -0.2) is 0 Å². The van der Waals surface area contributed by atoms with Gasteiger partial charge in [0, 0.05) is 32.2 Å². The van der Waals surface area contributed by atoms with Gasteiger partial charge in [0.2, 0.25) is 0 Å². The number of rotatable bonds is 7. The highest BCUT2D eigenvalue weighted by molar-refractivity contribution is 6.42. The molecule has 1 saturated heterocycles. The molecule has 158 valence electrons. The Morgan fingerprint density at radius 1 is 1.28 bits per heavy atom. The summed E-state index contributed by atoms with van der Waals surface area (Å²) in [5.74, 6) is 1.25. The predicted molar refractivity (Wildman–Crippen MR) is 118 cm³/mol. The smallest absolute Gasteiger partial charge is 0.191 e. The summed E-state index contributed by atoms with van der Waals surface area (Å²) in [6, 6.07) is 9.68. The van der Waals surface area contributed by atoms with E-state index in [0.717, 1.165) is 45.0 Å². The molecule has 8 heteroatoms. The number of aliphatic hydroxyl groups is 1. The molecule has 0 amide bonds. The second kappa shape index (κ2) is 10.9. The van der Waals surface area contributed by atoms with Crippen LogP contribution < -0.4 is 10.6 Å². The van der Waals surface area contributed by atoms with Gasteiger partial charge in [0.25, 0.3) is 0 Å². The fourth-order valence-electron chi connectivity index (χ4n) is 3.39. The first kappa shape index (κ1) is 22.0. The maximum absolute atomic E-state index is 10.2. The van der Waals surface area contributed by atoms with Gasteiger partial charge in [-0.2, -0.15) is 0 Å². The van der Waals surface area contributed by atoms with Crippen LogP contribution in [-0.4, -0.2) is 48.2 Å². The lowest BCUT2D eigenvalue weighted by Crippen LogP contribution is -2.48. The average Bonchev–Trinajstić information content (AvgIpc) is 3.25. The molecule has 1 aliphatic heterocycles. The number of nitrogens with zero attached hydrogens (tertiary/aromatic N) is 2. The van der Waals surface area contributed by atoms with Gasteiger partial charge in [0.1, 0.15) is 11.9 Å². The van der Waals surface area contributed by atoms with E-state index in [1.807, 2.05) is 25.1 Å². The van der Waals surface area contributed by atoms with Crippen LogP contribution in [0.4, 0.5) is 0 Å². The maximum atomic E-state index is 10.2. The molecule has 0 spiro atoms. The Hall–Kier alpha value is -1.73. The zero-order valence-corrected chi connectivity index (χ0v) is 18.1. The van der Waals surface area contributed by atoms with Gasteiger partial charge in [-0.3, -0.25) is 9.89 Å². The Balaban J connectivity index is 1.48. The van der Waals surface area contributed by atoms with Gasteiger partial charge in [0.05, 0.1) is 22.9 Å². The van der Waals surface area contributed by atoms with Crippen LogP contribution in [0.3, 0.4) is 0 Å². The fraction of sp³-hybridized carbons (Fsp3) is 0.476. The second-order valence-electron chi connectivity index (χ2n) is 7.19. The fourth-order valence-corrected chi connectivity index (χ4v) is 3.71. The highest BCUT2D eigenvalue weighted by Gasteiger charge is 2.20. The van der Waals surface area contributed by atoms with E-state index < -0.39 is 6.10 Å². The molecule has 3 rings (SSSR count). The lowest BCUT2D eigenvalue weighted by atomic mass is 10.0. The normalized spacial score (nSPS) is 17.3. The number of piperidine rings is 1. The van der Waals surface area contributed by atoms with Crippen LogP contribution in [0.5, 0.6) is 0 Å². The van der Waals surface area contributed by atoms with Crippen LogP contribution in [-0.2, 0) is 6.54 Å². The molecule has 1 fully saturated rings. The third kappa shape index (κ3) is 6.64. The molecular formula is C21H28Cl2N4O2. The first-order valence-electron chi connectivity index (χ1n) is 9.97. The molecule has 1 unspecified atom stereocenters. The van der Waals surface area contributed by atoms with Gasteiger partial charge in [-0.05, 0) is 49.6 Å². The largest absolute Gasteiger partial charge is 0.467 e. The SMILES string of the molecule is CCNC(=NCC(O)c1ccco1)NC1CCN(Cc2ccc(Cl)c(Cl)c2)CC1. The number of likely N-dealkylation sites (tertiary alicyclic amines) is 1. The maximum Gasteiger partial charge on any atom is 0.191 e. The zero-order valence-electron chi connectivity index (χ0n) is 16.6. The van der Waals surface area contributed by atoms with Crippen molar-refractivity contribution < 1.29 is 9.52 Å². The molecular weight excluding hydrogens is 411 g/mol. The third-order valence-electron chi connectivity index (χ3n) is 4.96. The molecule has 1 aromatic carbocycles. The Kier molecular flexibility index (Phi) is 8.24. The number of halogens is 2. The monoisotopic (exact) mass is 438 g/mol. The van der Waals surface area contributed by atoms with Gasteiger partial charge >= 0.3 is 0 Å². The Labute approximate surface area is 181 Å². The van der Waals surface area contributed by atoms with E-state index in [9.17, 15) is 5.11 Å². The van der Waals surface area contributed by atoms with E-state index in [0.29, 0.717) is 21.8 Å². The number of aliphatic imine (C=N–C) groups is 1. The molecule has 0 bridgehead atoms. The highest BCUT2D eigenvalue weighted by Crippen LogP contribution is 2.24. The first-order valence-corrected chi connectivity index (χ1v) is 10.7. The standard InChI is InChI=1S/C21H28Cl2N4O2/c1-2-24-21(25-13-19(28)20-4-3-11-29-20)26-16-7-9-27(10-8-16)14-15-5-6-17(22)18(23)12-15/h3-6,11-12,16,19,28H,2,7-10,13-14H2,1H3,(H2,24,25,26). The van der Waals surface area contributed by atoms with Crippen molar-refractivity contribution in [2.75, 3.05) is 26.2 Å². The summed E-state index contributed by atoms with van der Waals surface area (Å²) < 4.78 is 5.23. The minimum absolute atomic E-state index is 0.249. The molecule has 3 N–H and O–H groups in total. The van der Waals surface area contributed by atoms with Crippen LogP contribution in [0.15, 0.2) is 46.0 Å². The summed E-state index contributed by atoms with van der Waals surface area (Å²) in [7, 11) is 0. The van der Waals surface area contributed by atoms with Crippen molar-refractivity contribution in [2.45, 2.75) is 38.5 Å². The van der Waals surface area contributed by atoms with Crippen molar-refractivity contribution in [1.82, 2.24) is 15.5 Å². The summed E-state index contributed by atoms with van der Waals surface area (Å²) in [4.78, 5) is 6.93. The van der Waals surface area contributed by atoms with E-state index >= 15 is 0 Å². The summed E-state index contributed by atoms with van der Waals surface area (Å²) in [5, 5.41) is 18.1. The molecule has 2 aromatic rings. The molecule has 1 atom stereocenters. The van der Waals surface area contributed by atoms with Gasteiger partial charge in [-0.15, -0.1) is 0 Å². The van der Waals surface area contributed by atoms with Crippen LogP contribution in [0, 0.1) is 0 Å². The molecule has 2 heterocycles. The van der Waals surface area contributed by atoms with E-state index in [1.54, 1.807) is 18.4 Å². The molecule has 0 aliphatic carbocycles. The van der Waals surface area contributed by atoms with Crippen molar-refractivity contribution in [3.05, 3.63) is 58.0 Å². The Bertz CT molecular complexity index is 790. The lowest BCUT2D eigenvalue weighted by molar-refractivity contribution is 0.158. The van der Waals surface area contributed by atoms with Crippen molar-refractivity contribution in [2.24, 2.45) is 4.99 Å². The molecule has 29 heavy (non-hydrogen) atoms. The van der Waals surface area contributed by atoms with E-state index in [4.69, 9.17) is 27.6 Å². The number of guanidine groups is 1. The van der Waals surface area contributed by atoms with E-state index in [1.165, 1.54) is 5.56 Å². The van der Waals surface area contributed by atoms with Gasteiger partial charge in [-0.1, -0.05) is 29.3 Å². The number of furan rings is 1. The minimum Gasteiger partial charge on any atom is -0.467 e. The number of aliphatic hydroxyl groups excluding tert-OH is 1. The molecule has 1 aliphatic rings. The van der Waals surface area contributed by atoms with Crippen molar-refractivity contribution in [3.63, 3.8) is 0 Å². The third-order valence-corrected chi connectivity index (χ3v) is 5.70. The minimum atomic E-state index is -0.742. The van der Waals surface area contributed by atoms with Crippen LogP contribution in [0.2, 0.25) is 10.0 Å². The van der Waals surface area contributed by atoms with Gasteiger partial charge < -0.3 is 20.2 Å². The summed E-state index contributed by atoms with van der Waals surface area (Å²) >= 11 is 12.1. The van der Waals surface area contributed by atoms with Crippen LogP contribution in [0.25, 0.3) is 0 Å².